The van der Waals surface area contributed by atoms with E-state index in [0.29, 0.717) is 12.1 Å². The highest BCUT2D eigenvalue weighted by Gasteiger charge is 2.36. The molecule has 22 heavy (non-hydrogen) atoms. The van der Waals surface area contributed by atoms with Gasteiger partial charge in [-0.3, -0.25) is 4.79 Å². The number of amides is 1. The van der Waals surface area contributed by atoms with Crippen molar-refractivity contribution in [2.45, 2.75) is 18.6 Å². The number of halogens is 4. The average molecular weight is 340 g/mol. The Kier molecular flexibility index (Phi) is 5.42. The summed E-state index contributed by atoms with van der Waals surface area (Å²) in [7, 11) is 1.23. The number of nitrogens with one attached hydrogen (secondary N) is 1. The molecule has 1 rings (SSSR count). The Morgan fingerprint density at radius 2 is 1.91 bits per heavy atom. The molecular formula is C13H13ClF3NO4. The number of ether oxygens (including phenoxy) is 1. The molecule has 1 unspecified atom stereocenters. The van der Waals surface area contributed by atoms with Crippen LogP contribution in [-0.4, -0.2) is 36.2 Å². The summed E-state index contributed by atoms with van der Waals surface area (Å²) in [5.41, 5.74) is -3.29. The van der Waals surface area contributed by atoms with Gasteiger partial charge in [-0.25, -0.2) is 4.79 Å². The molecule has 0 heterocycles. The van der Waals surface area contributed by atoms with Crippen LogP contribution >= 0.6 is 11.6 Å². The Balaban J connectivity index is 3.13. The lowest BCUT2D eigenvalue weighted by molar-refractivity contribution is -0.146. The normalized spacial score (nSPS) is 14.3. The Morgan fingerprint density at radius 1 is 1.32 bits per heavy atom. The highest BCUT2D eigenvalue weighted by molar-refractivity contribution is 6.31. The first-order valence-electron chi connectivity index (χ1n) is 5.92. The van der Waals surface area contributed by atoms with Crippen molar-refractivity contribution >= 4 is 23.5 Å². The number of rotatable bonds is 5. The fourth-order valence-electron chi connectivity index (χ4n) is 1.65. The molecule has 0 aliphatic rings. The average Bonchev–Trinajstić information content (AvgIpc) is 2.36. The lowest BCUT2D eigenvalue weighted by atomic mass is 10.0. The first-order chi connectivity index (χ1) is 9.99. The molecule has 1 aromatic rings. The first-order valence-corrected chi connectivity index (χ1v) is 6.30. The van der Waals surface area contributed by atoms with Gasteiger partial charge in [0.15, 0.2) is 5.54 Å². The second kappa shape index (κ2) is 6.53. The number of carboxylic acid groups (broad SMARTS) is 1. The van der Waals surface area contributed by atoms with Gasteiger partial charge in [-0.05, 0) is 25.1 Å². The van der Waals surface area contributed by atoms with Crippen LogP contribution < -0.4 is 5.32 Å². The quantitative estimate of drug-likeness (QED) is 0.864. The van der Waals surface area contributed by atoms with E-state index in [1.807, 2.05) is 0 Å². The van der Waals surface area contributed by atoms with Crippen LogP contribution in [0.1, 0.15) is 22.8 Å². The third-order valence-electron chi connectivity index (χ3n) is 2.78. The van der Waals surface area contributed by atoms with Crippen molar-refractivity contribution in [1.82, 2.24) is 5.32 Å². The number of carbonyl (C=O) groups excluding carboxylic acids is 1. The third kappa shape index (κ3) is 4.35. The van der Waals surface area contributed by atoms with E-state index in [2.05, 4.69) is 5.32 Å². The maximum absolute atomic E-state index is 12.7. The van der Waals surface area contributed by atoms with E-state index in [0.717, 1.165) is 6.07 Å². The zero-order valence-electron chi connectivity index (χ0n) is 11.6. The number of methoxy groups -OCH3 is 1. The number of alkyl halides is 3. The van der Waals surface area contributed by atoms with Gasteiger partial charge in [0.1, 0.15) is 0 Å². The van der Waals surface area contributed by atoms with Crippen LogP contribution in [0.4, 0.5) is 13.2 Å². The van der Waals surface area contributed by atoms with Crippen molar-refractivity contribution in [2.75, 3.05) is 13.7 Å². The molecule has 0 radical (unpaired) electrons. The molecule has 0 aromatic heterocycles. The van der Waals surface area contributed by atoms with Crippen LogP contribution in [0.5, 0.6) is 0 Å². The summed E-state index contributed by atoms with van der Waals surface area (Å²) >= 11 is 5.57. The van der Waals surface area contributed by atoms with E-state index >= 15 is 0 Å². The molecule has 0 spiro atoms. The first kappa shape index (κ1) is 18.2. The maximum atomic E-state index is 12.7. The molecule has 0 bridgehead atoms. The minimum absolute atomic E-state index is 0.288. The number of aliphatic carboxylic acids is 1. The summed E-state index contributed by atoms with van der Waals surface area (Å²) in [6, 6.07) is 2.28. The van der Waals surface area contributed by atoms with Crippen LogP contribution in [0, 0.1) is 0 Å². The molecular weight excluding hydrogens is 327 g/mol. The van der Waals surface area contributed by atoms with E-state index in [1.165, 1.54) is 14.0 Å². The zero-order valence-corrected chi connectivity index (χ0v) is 12.4. The largest absolute Gasteiger partial charge is 0.479 e. The Morgan fingerprint density at radius 3 is 2.36 bits per heavy atom. The summed E-state index contributed by atoms with van der Waals surface area (Å²) in [5.74, 6) is -2.39. The lowest BCUT2D eigenvalue weighted by Crippen LogP contribution is -2.55. The summed E-state index contributed by atoms with van der Waals surface area (Å²) in [6.45, 7) is 0.812. The summed E-state index contributed by atoms with van der Waals surface area (Å²) in [5, 5.41) is 10.9. The lowest BCUT2D eigenvalue weighted by Gasteiger charge is -2.25. The molecule has 1 atom stereocenters. The number of carbonyl (C=O) groups is 2. The van der Waals surface area contributed by atoms with Crippen molar-refractivity contribution in [2.24, 2.45) is 0 Å². The number of hydrogen-bond acceptors (Lipinski definition) is 3. The van der Waals surface area contributed by atoms with Gasteiger partial charge in [0.05, 0.1) is 12.2 Å². The zero-order chi connectivity index (χ0) is 17.1. The van der Waals surface area contributed by atoms with Gasteiger partial charge < -0.3 is 15.2 Å². The molecule has 2 N–H and O–H groups in total. The molecule has 9 heteroatoms. The molecule has 122 valence electrons. The second-order valence-electron chi connectivity index (χ2n) is 4.75. The van der Waals surface area contributed by atoms with Gasteiger partial charge in [0.25, 0.3) is 5.91 Å². The van der Waals surface area contributed by atoms with Gasteiger partial charge in [-0.1, -0.05) is 11.6 Å². The standard InChI is InChI=1S/C13H13ClF3NO4/c1-12(6-22-2,11(20)21)18-10(19)7-3-8(13(15,16)17)5-9(14)4-7/h3-5H,6H2,1-2H3,(H,18,19)(H,20,21). The third-order valence-corrected chi connectivity index (χ3v) is 3.00. The monoisotopic (exact) mass is 339 g/mol. The van der Waals surface area contributed by atoms with Crippen molar-refractivity contribution < 1.29 is 32.6 Å². The van der Waals surface area contributed by atoms with Crippen LogP contribution in [0.15, 0.2) is 18.2 Å². The van der Waals surface area contributed by atoms with Crippen molar-refractivity contribution in [1.29, 1.82) is 0 Å². The van der Waals surface area contributed by atoms with Crippen LogP contribution in [-0.2, 0) is 15.7 Å². The smallest absolute Gasteiger partial charge is 0.416 e. The summed E-state index contributed by atoms with van der Waals surface area (Å²) in [6.07, 6.45) is -4.68. The highest BCUT2D eigenvalue weighted by Crippen LogP contribution is 2.32. The molecule has 0 aliphatic carbocycles. The Hall–Kier alpha value is -1.80. The summed E-state index contributed by atoms with van der Waals surface area (Å²) in [4.78, 5) is 23.2. The van der Waals surface area contributed by atoms with Crippen LogP contribution in [0.2, 0.25) is 5.02 Å². The molecule has 5 nitrogen and oxygen atoms in total. The van der Waals surface area contributed by atoms with Gasteiger partial charge >= 0.3 is 12.1 Å². The fourth-order valence-corrected chi connectivity index (χ4v) is 1.88. The summed E-state index contributed by atoms with van der Waals surface area (Å²) < 4.78 is 42.8. The van der Waals surface area contributed by atoms with E-state index in [1.54, 1.807) is 0 Å². The van der Waals surface area contributed by atoms with Crippen LogP contribution in [0.25, 0.3) is 0 Å². The molecule has 0 saturated heterocycles. The SMILES string of the molecule is COCC(C)(NC(=O)c1cc(Cl)cc(C(F)(F)F)c1)C(=O)O. The number of benzene rings is 1. The predicted octanol–water partition coefficient (Wildman–Crippen LogP) is 2.58. The van der Waals surface area contributed by atoms with E-state index < -0.39 is 34.7 Å². The number of hydrogen-bond donors (Lipinski definition) is 2. The van der Waals surface area contributed by atoms with Crippen molar-refractivity contribution in [3.05, 3.63) is 34.3 Å². The second-order valence-corrected chi connectivity index (χ2v) is 5.19. The predicted molar refractivity (Wildman–Crippen MR) is 71.8 cm³/mol. The minimum atomic E-state index is -4.68. The molecule has 0 fully saturated rings. The Labute approximate surface area is 129 Å². The van der Waals surface area contributed by atoms with Gasteiger partial charge in [-0.15, -0.1) is 0 Å². The van der Waals surface area contributed by atoms with Crippen molar-refractivity contribution in [3.63, 3.8) is 0 Å². The Bertz CT molecular complexity index is 591. The van der Waals surface area contributed by atoms with E-state index in [4.69, 9.17) is 21.4 Å². The maximum Gasteiger partial charge on any atom is 0.416 e. The molecule has 0 aliphatic heterocycles. The van der Waals surface area contributed by atoms with Crippen LogP contribution in [0.3, 0.4) is 0 Å². The van der Waals surface area contributed by atoms with Crippen molar-refractivity contribution in [3.8, 4) is 0 Å². The molecule has 1 aromatic carbocycles. The van der Waals surface area contributed by atoms with E-state index in [-0.39, 0.29) is 11.6 Å². The van der Waals surface area contributed by atoms with Gasteiger partial charge in [0.2, 0.25) is 0 Å². The topological polar surface area (TPSA) is 75.6 Å². The van der Waals surface area contributed by atoms with Gasteiger partial charge in [-0.2, -0.15) is 13.2 Å². The van der Waals surface area contributed by atoms with Gasteiger partial charge in [0, 0.05) is 17.7 Å². The van der Waals surface area contributed by atoms with E-state index in [9.17, 15) is 22.8 Å². The highest BCUT2D eigenvalue weighted by atomic mass is 35.5. The molecule has 1 amide bonds. The molecule has 0 saturated carbocycles. The number of carboxylic acids is 1. The fraction of sp³-hybridized carbons (Fsp3) is 0.385. The minimum Gasteiger partial charge on any atom is -0.479 e.